The zero-order chi connectivity index (χ0) is 22.0. The van der Waals surface area contributed by atoms with Crippen molar-refractivity contribution in [3.05, 3.63) is 35.0 Å². The summed E-state index contributed by atoms with van der Waals surface area (Å²) in [5, 5.41) is 23.2. The van der Waals surface area contributed by atoms with Gasteiger partial charge in [-0.1, -0.05) is 26.0 Å². The third-order valence-electron chi connectivity index (χ3n) is 5.41. The van der Waals surface area contributed by atoms with Crippen LogP contribution in [0, 0.1) is 12.8 Å². The second-order valence-corrected chi connectivity index (χ2v) is 8.85. The van der Waals surface area contributed by atoms with Gasteiger partial charge >= 0.3 is 0 Å². The molecular weight excluding hydrogens is 404 g/mol. The lowest BCUT2D eigenvalue weighted by Gasteiger charge is -2.27. The Morgan fingerprint density at radius 2 is 2.13 bits per heavy atom. The lowest BCUT2D eigenvalue weighted by atomic mass is 10.0. The van der Waals surface area contributed by atoms with Gasteiger partial charge in [-0.25, -0.2) is 4.98 Å². The van der Waals surface area contributed by atoms with Crippen LogP contribution in [0.4, 0.5) is 0 Å². The number of carbonyl (C=O) groups excluding carboxylic acids is 2. The molecule has 0 unspecified atom stereocenters. The van der Waals surface area contributed by atoms with E-state index in [0.29, 0.717) is 5.56 Å². The van der Waals surface area contributed by atoms with Gasteiger partial charge < -0.3 is 26.2 Å². The number of rotatable bonds is 6. The van der Waals surface area contributed by atoms with E-state index < -0.39 is 18.2 Å². The number of aryl methyl sites for hydroxylation is 1. The number of aromatic hydroxyl groups is 1. The number of carbonyl (C=O) groups is 2. The van der Waals surface area contributed by atoms with Crippen molar-refractivity contribution in [1.82, 2.24) is 15.2 Å². The van der Waals surface area contributed by atoms with E-state index in [4.69, 9.17) is 5.73 Å². The molecule has 0 saturated carbocycles. The fourth-order valence-electron chi connectivity index (χ4n) is 3.52. The van der Waals surface area contributed by atoms with Crippen LogP contribution < -0.4 is 11.1 Å². The molecule has 1 aromatic heterocycles. The van der Waals surface area contributed by atoms with Crippen LogP contribution in [-0.2, 0) is 16.1 Å². The van der Waals surface area contributed by atoms with Gasteiger partial charge in [0, 0.05) is 25.1 Å². The number of likely N-dealkylation sites (tertiary alicyclic amines) is 1. The van der Waals surface area contributed by atoms with Gasteiger partial charge in [-0.05, 0) is 24.5 Å². The van der Waals surface area contributed by atoms with Crippen molar-refractivity contribution in [2.24, 2.45) is 11.7 Å². The largest absolute Gasteiger partial charge is 0.508 e. The molecular formula is C21H28N4O4S. The summed E-state index contributed by atoms with van der Waals surface area (Å²) < 4.78 is 0. The summed E-state index contributed by atoms with van der Waals surface area (Å²) in [7, 11) is 0. The SMILES string of the molecule is Cc1ncsc1-c1ccc(CNC(=O)[C@@H]2C[C@@H](O)CN2C(=O)[C@@H](N)C(C)C)c(O)c1. The second kappa shape index (κ2) is 9.11. The Hall–Kier alpha value is -2.49. The van der Waals surface area contributed by atoms with Crippen LogP contribution in [0.15, 0.2) is 23.7 Å². The number of aliphatic hydroxyl groups excluding tert-OH is 1. The number of hydrogen-bond acceptors (Lipinski definition) is 7. The average Bonchev–Trinajstić information content (AvgIpc) is 3.31. The Bertz CT molecular complexity index is 929. The van der Waals surface area contributed by atoms with E-state index in [9.17, 15) is 19.8 Å². The van der Waals surface area contributed by atoms with Crippen molar-refractivity contribution >= 4 is 23.2 Å². The van der Waals surface area contributed by atoms with Gasteiger partial charge in [0.1, 0.15) is 11.8 Å². The molecule has 1 fully saturated rings. The monoisotopic (exact) mass is 432 g/mol. The number of nitrogens with two attached hydrogens (primary N) is 1. The van der Waals surface area contributed by atoms with Crippen molar-refractivity contribution in [3.63, 3.8) is 0 Å². The van der Waals surface area contributed by atoms with Crippen LogP contribution >= 0.6 is 11.3 Å². The van der Waals surface area contributed by atoms with Crippen molar-refractivity contribution in [2.75, 3.05) is 6.54 Å². The third kappa shape index (κ3) is 4.63. The highest BCUT2D eigenvalue weighted by Gasteiger charge is 2.40. The summed E-state index contributed by atoms with van der Waals surface area (Å²) in [5.74, 6) is -0.718. The molecule has 3 rings (SSSR count). The maximum atomic E-state index is 12.7. The van der Waals surface area contributed by atoms with Crippen LogP contribution in [0.5, 0.6) is 5.75 Å². The van der Waals surface area contributed by atoms with Gasteiger partial charge in [0.05, 0.1) is 28.2 Å². The molecule has 2 amide bonds. The molecule has 9 heteroatoms. The average molecular weight is 433 g/mol. The quantitative estimate of drug-likeness (QED) is 0.546. The van der Waals surface area contributed by atoms with Gasteiger partial charge in [-0.2, -0.15) is 0 Å². The number of β-amino-alcohol motifs (C(OH)–C–C–N with tert-alkyl or cyclic N) is 1. The second-order valence-electron chi connectivity index (χ2n) is 7.99. The molecule has 2 aromatic rings. The molecule has 0 spiro atoms. The molecule has 0 radical (unpaired) electrons. The smallest absolute Gasteiger partial charge is 0.243 e. The molecule has 2 heterocycles. The fraction of sp³-hybridized carbons (Fsp3) is 0.476. The summed E-state index contributed by atoms with van der Waals surface area (Å²) >= 11 is 1.50. The van der Waals surface area contributed by atoms with Gasteiger partial charge in [-0.3, -0.25) is 9.59 Å². The summed E-state index contributed by atoms with van der Waals surface area (Å²) in [6, 6.07) is 3.78. The lowest BCUT2D eigenvalue weighted by molar-refractivity contribution is -0.140. The zero-order valence-corrected chi connectivity index (χ0v) is 18.1. The molecule has 5 N–H and O–H groups in total. The summed E-state index contributed by atoms with van der Waals surface area (Å²) in [5.41, 5.74) is 10.0. The number of phenolic OH excluding ortho intramolecular Hbond substituents is 1. The van der Waals surface area contributed by atoms with Gasteiger partial charge in [0.15, 0.2) is 0 Å². The number of aliphatic hydroxyl groups is 1. The Labute approximate surface area is 179 Å². The van der Waals surface area contributed by atoms with Crippen LogP contribution in [0.2, 0.25) is 0 Å². The lowest BCUT2D eigenvalue weighted by Crippen LogP contribution is -2.52. The highest BCUT2D eigenvalue weighted by molar-refractivity contribution is 7.13. The Morgan fingerprint density at radius 3 is 2.73 bits per heavy atom. The van der Waals surface area contributed by atoms with E-state index in [1.807, 2.05) is 26.8 Å². The number of benzene rings is 1. The highest BCUT2D eigenvalue weighted by Crippen LogP contribution is 2.31. The number of nitrogens with zero attached hydrogens (tertiary/aromatic N) is 2. The summed E-state index contributed by atoms with van der Waals surface area (Å²) in [4.78, 5) is 31.9. The van der Waals surface area contributed by atoms with E-state index in [2.05, 4.69) is 10.3 Å². The van der Waals surface area contributed by atoms with E-state index in [1.165, 1.54) is 16.2 Å². The van der Waals surface area contributed by atoms with Crippen LogP contribution in [0.1, 0.15) is 31.5 Å². The first kappa shape index (κ1) is 22.2. The van der Waals surface area contributed by atoms with Crippen molar-refractivity contribution < 1.29 is 19.8 Å². The molecule has 1 aliphatic heterocycles. The van der Waals surface area contributed by atoms with Crippen LogP contribution in [0.3, 0.4) is 0 Å². The van der Waals surface area contributed by atoms with Gasteiger partial charge in [-0.15, -0.1) is 11.3 Å². The molecule has 0 aliphatic carbocycles. The highest BCUT2D eigenvalue weighted by atomic mass is 32.1. The molecule has 8 nitrogen and oxygen atoms in total. The predicted molar refractivity (Wildman–Crippen MR) is 115 cm³/mol. The molecule has 30 heavy (non-hydrogen) atoms. The maximum absolute atomic E-state index is 12.7. The van der Waals surface area contributed by atoms with Gasteiger partial charge in [0.25, 0.3) is 0 Å². The molecule has 0 bridgehead atoms. The van der Waals surface area contributed by atoms with Crippen molar-refractivity contribution in [3.8, 4) is 16.2 Å². The normalized spacial score (nSPS) is 19.9. The molecule has 1 aliphatic rings. The predicted octanol–water partition coefficient (Wildman–Crippen LogP) is 1.39. The number of amides is 2. The first-order chi connectivity index (χ1) is 14.2. The first-order valence-electron chi connectivity index (χ1n) is 9.93. The Morgan fingerprint density at radius 1 is 1.40 bits per heavy atom. The number of aromatic nitrogens is 1. The minimum atomic E-state index is -0.779. The molecule has 1 saturated heterocycles. The van der Waals surface area contributed by atoms with E-state index in [1.54, 1.807) is 17.6 Å². The topological polar surface area (TPSA) is 129 Å². The molecule has 162 valence electrons. The van der Waals surface area contributed by atoms with Crippen LogP contribution in [-0.4, -0.2) is 56.6 Å². The number of phenols is 1. The van der Waals surface area contributed by atoms with Crippen LogP contribution in [0.25, 0.3) is 10.4 Å². The minimum Gasteiger partial charge on any atom is -0.508 e. The maximum Gasteiger partial charge on any atom is 0.243 e. The van der Waals surface area contributed by atoms with E-state index >= 15 is 0 Å². The first-order valence-corrected chi connectivity index (χ1v) is 10.8. The van der Waals surface area contributed by atoms with Gasteiger partial charge in [0.2, 0.25) is 11.8 Å². The number of hydrogen-bond donors (Lipinski definition) is 4. The van der Waals surface area contributed by atoms with Crippen molar-refractivity contribution in [2.45, 2.75) is 51.9 Å². The molecule has 3 atom stereocenters. The Kier molecular flexibility index (Phi) is 6.74. The summed E-state index contributed by atoms with van der Waals surface area (Å²) in [6.07, 6.45) is -0.600. The standard InChI is InChI=1S/C21H28N4O4S/c1-11(2)18(22)21(29)25-9-15(26)7-16(25)20(28)23-8-14-5-4-13(6-17(14)27)19-12(3)24-10-30-19/h4-6,10-11,15-16,18,26-27H,7-9,22H2,1-3H3,(H,23,28)/t15-,16+,18+/m1/s1. The number of thiazole rings is 1. The number of nitrogens with one attached hydrogen (secondary N) is 1. The van der Waals surface area contributed by atoms with E-state index in [0.717, 1.165) is 16.1 Å². The van der Waals surface area contributed by atoms with E-state index in [-0.39, 0.29) is 43.0 Å². The zero-order valence-electron chi connectivity index (χ0n) is 17.3. The van der Waals surface area contributed by atoms with Crippen molar-refractivity contribution in [1.29, 1.82) is 0 Å². The Balaban J connectivity index is 1.67. The third-order valence-corrected chi connectivity index (χ3v) is 6.39. The fourth-order valence-corrected chi connectivity index (χ4v) is 4.32. The minimum absolute atomic E-state index is 0.0711. The molecule has 1 aromatic carbocycles. The summed E-state index contributed by atoms with van der Waals surface area (Å²) in [6.45, 7) is 5.78.